The summed E-state index contributed by atoms with van der Waals surface area (Å²) < 4.78 is 1.94. The Morgan fingerprint density at radius 2 is 1.76 bits per heavy atom. The van der Waals surface area contributed by atoms with E-state index < -0.39 is 0 Å². The lowest BCUT2D eigenvalue weighted by Crippen LogP contribution is -2.23. The van der Waals surface area contributed by atoms with Gasteiger partial charge in [0.15, 0.2) is 17.3 Å². The number of carbonyl (C=O) groups is 1. The van der Waals surface area contributed by atoms with Crippen LogP contribution in [0.4, 0.5) is 5.69 Å². The summed E-state index contributed by atoms with van der Waals surface area (Å²) in [5, 5.41) is 16.1. The molecule has 8 nitrogen and oxygen atoms in total. The number of benzene rings is 2. The van der Waals surface area contributed by atoms with Gasteiger partial charge in [0.25, 0.3) is 5.91 Å². The Morgan fingerprint density at radius 1 is 1.03 bits per heavy atom. The highest BCUT2D eigenvalue weighted by Crippen LogP contribution is 2.41. The van der Waals surface area contributed by atoms with E-state index in [4.69, 9.17) is 15.1 Å². The van der Waals surface area contributed by atoms with Gasteiger partial charge < -0.3 is 5.32 Å². The Balaban J connectivity index is 1.40. The summed E-state index contributed by atoms with van der Waals surface area (Å²) in [4.78, 5) is 23.5. The molecule has 3 aromatic heterocycles. The molecule has 3 heterocycles. The van der Waals surface area contributed by atoms with Crippen molar-refractivity contribution in [1.29, 1.82) is 0 Å². The zero-order valence-electron chi connectivity index (χ0n) is 21.4. The summed E-state index contributed by atoms with van der Waals surface area (Å²) >= 11 is 0. The van der Waals surface area contributed by atoms with E-state index in [9.17, 15) is 4.79 Å². The second-order valence-electron chi connectivity index (χ2n) is 10.6. The first kappa shape index (κ1) is 23.1. The number of anilines is 1. The fourth-order valence-electron chi connectivity index (χ4n) is 4.63. The number of pyridine rings is 1. The van der Waals surface area contributed by atoms with Crippen LogP contribution in [0.5, 0.6) is 0 Å². The molecular formula is C29H29N7O. The van der Waals surface area contributed by atoms with Crippen molar-refractivity contribution in [2.45, 2.75) is 52.0 Å². The number of fused-ring (bicyclic) bond motifs is 1. The first-order valence-electron chi connectivity index (χ1n) is 12.6. The predicted octanol–water partition coefficient (Wildman–Crippen LogP) is 6.08. The summed E-state index contributed by atoms with van der Waals surface area (Å²) in [6.07, 6.45) is 2.19. The molecule has 2 N–H and O–H groups in total. The molecule has 6 rings (SSSR count). The first-order valence-corrected chi connectivity index (χ1v) is 12.6. The molecule has 5 aromatic rings. The van der Waals surface area contributed by atoms with E-state index in [1.54, 1.807) is 0 Å². The van der Waals surface area contributed by atoms with E-state index in [0.29, 0.717) is 28.8 Å². The van der Waals surface area contributed by atoms with Gasteiger partial charge in [-0.1, -0.05) is 42.5 Å². The van der Waals surface area contributed by atoms with E-state index in [1.165, 1.54) is 0 Å². The van der Waals surface area contributed by atoms with Gasteiger partial charge in [0.1, 0.15) is 0 Å². The number of hydrogen-bond donors (Lipinski definition) is 2. The lowest BCUT2D eigenvalue weighted by atomic mass is 10.1. The maximum Gasteiger partial charge on any atom is 0.256 e. The molecule has 0 bridgehead atoms. The number of carbonyl (C=O) groups excluding carboxylic acids is 1. The van der Waals surface area contributed by atoms with Gasteiger partial charge in [0, 0.05) is 22.7 Å². The Hall–Kier alpha value is -4.33. The summed E-state index contributed by atoms with van der Waals surface area (Å²) in [6, 6.07) is 19.4. The number of rotatable bonds is 5. The summed E-state index contributed by atoms with van der Waals surface area (Å²) in [7, 11) is 0. The number of aryl methyl sites for hydroxylation is 1. The van der Waals surface area contributed by atoms with Crippen molar-refractivity contribution in [3.05, 3.63) is 77.6 Å². The maximum absolute atomic E-state index is 13.8. The Kier molecular flexibility index (Phi) is 5.40. The van der Waals surface area contributed by atoms with Crippen LogP contribution < -0.4 is 5.32 Å². The van der Waals surface area contributed by atoms with Gasteiger partial charge in [0.05, 0.1) is 27.9 Å². The molecule has 0 spiro atoms. The number of para-hydroxylation sites is 1. The largest absolute Gasteiger partial charge is 0.321 e. The Bertz CT molecular complexity index is 1620. The molecular weight excluding hydrogens is 462 g/mol. The summed E-state index contributed by atoms with van der Waals surface area (Å²) in [6.45, 7) is 8.23. The number of H-pyrrole nitrogens is 1. The minimum atomic E-state index is -0.259. The van der Waals surface area contributed by atoms with Gasteiger partial charge >= 0.3 is 0 Å². The minimum Gasteiger partial charge on any atom is -0.321 e. The summed E-state index contributed by atoms with van der Waals surface area (Å²) in [5.74, 6) is 1.40. The highest BCUT2D eigenvalue weighted by atomic mass is 16.1. The van der Waals surface area contributed by atoms with Crippen LogP contribution in [-0.4, -0.2) is 35.9 Å². The highest BCUT2D eigenvalue weighted by Gasteiger charge is 2.30. The average molecular weight is 492 g/mol. The first-order chi connectivity index (χ1) is 17.8. The molecule has 0 aliphatic heterocycles. The van der Waals surface area contributed by atoms with Crippen LogP contribution in [0, 0.1) is 6.92 Å². The normalized spacial score (nSPS) is 13.7. The zero-order chi connectivity index (χ0) is 25.7. The number of hydrogen-bond acceptors (Lipinski definition) is 5. The molecule has 1 fully saturated rings. The molecule has 0 unspecified atom stereocenters. The predicted molar refractivity (Wildman–Crippen MR) is 144 cm³/mol. The van der Waals surface area contributed by atoms with Gasteiger partial charge in [-0.15, -0.1) is 0 Å². The van der Waals surface area contributed by atoms with Crippen LogP contribution >= 0.6 is 0 Å². The van der Waals surface area contributed by atoms with Crippen molar-refractivity contribution >= 4 is 22.6 Å². The monoisotopic (exact) mass is 491 g/mol. The van der Waals surface area contributed by atoms with Crippen molar-refractivity contribution in [3.8, 4) is 22.8 Å². The Morgan fingerprint density at radius 3 is 2.49 bits per heavy atom. The minimum absolute atomic E-state index is 0.193. The van der Waals surface area contributed by atoms with Crippen LogP contribution in [0.15, 0.2) is 60.7 Å². The smallest absolute Gasteiger partial charge is 0.256 e. The molecule has 1 saturated carbocycles. The molecule has 8 heteroatoms. The average Bonchev–Trinajstić information content (AvgIpc) is 3.52. The third-order valence-electron chi connectivity index (χ3n) is 6.66. The maximum atomic E-state index is 13.8. The van der Waals surface area contributed by atoms with E-state index in [2.05, 4.69) is 36.3 Å². The topological polar surface area (TPSA) is 101 Å². The van der Waals surface area contributed by atoms with Crippen LogP contribution in [0.1, 0.15) is 61.3 Å². The van der Waals surface area contributed by atoms with Crippen LogP contribution in [-0.2, 0) is 5.54 Å². The third kappa shape index (κ3) is 4.28. The van der Waals surface area contributed by atoms with Crippen LogP contribution in [0.3, 0.4) is 0 Å². The van der Waals surface area contributed by atoms with Crippen molar-refractivity contribution in [2.75, 3.05) is 5.32 Å². The standard InChI is InChI=1S/C29H29N7O/c1-17-24-21(16-23(18-14-15-18)30-27(24)36(35-17)29(2,3)4)28(37)31-22-13-9-8-12-20(22)26-32-25(33-34-26)19-10-6-5-7-11-19/h5-13,16,18H,14-15H2,1-4H3,(H,31,37)(H,32,33,34). The molecule has 37 heavy (non-hydrogen) atoms. The number of nitrogens with one attached hydrogen (secondary N) is 2. The van der Waals surface area contributed by atoms with Crippen LogP contribution in [0.25, 0.3) is 33.8 Å². The van der Waals surface area contributed by atoms with Crippen LogP contribution in [0.2, 0.25) is 0 Å². The summed E-state index contributed by atoms with van der Waals surface area (Å²) in [5.41, 5.74) is 5.19. The molecule has 0 radical (unpaired) electrons. The number of aromatic amines is 1. The zero-order valence-corrected chi connectivity index (χ0v) is 21.4. The quantitative estimate of drug-likeness (QED) is 0.310. The molecule has 1 amide bonds. The van der Waals surface area contributed by atoms with Gasteiger partial charge in [-0.2, -0.15) is 10.2 Å². The van der Waals surface area contributed by atoms with Gasteiger partial charge in [-0.05, 0) is 58.7 Å². The van der Waals surface area contributed by atoms with E-state index >= 15 is 0 Å². The van der Waals surface area contributed by atoms with Gasteiger partial charge in [-0.3, -0.25) is 9.89 Å². The van der Waals surface area contributed by atoms with Crippen molar-refractivity contribution in [2.24, 2.45) is 0 Å². The fraction of sp³-hybridized carbons (Fsp3) is 0.276. The van der Waals surface area contributed by atoms with E-state index in [0.717, 1.165) is 46.4 Å². The third-order valence-corrected chi connectivity index (χ3v) is 6.66. The molecule has 0 atom stereocenters. The number of nitrogens with zero attached hydrogens (tertiary/aromatic N) is 5. The van der Waals surface area contributed by atoms with Crippen molar-refractivity contribution in [1.82, 2.24) is 29.9 Å². The number of amides is 1. The molecule has 2 aromatic carbocycles. The van der Waals surface area contributed by atoms with E-state index in [1.807, 2.05) is 72.3 Å². The van der Waals surface area contributed by atoms with Gasteiger partial charge in [0.2, 0.25) is 0 Å². The van der Waals surface area contributed by atoms with Crippen molar-refractivity contribution < 1.29 is 4.79 Å². The SMILES string of the molecule is Cc1nn(C(C)(C)C)c2nc(C3CC3)cc(C(=O)Nc3ccccc3-c3nc(-c4ccccc4)n[nH]3)c12. The number of aromatic nitrogens is 6. The lowest BCUT2D eigenvalue weighted by molar-refractivity contribution is 0.102. The second kappa shape index (κ2) is 8.65. The molecule has 1 aliphatic carbocycles. The van der Waals surface area contributed by atoms with E-state index in [-0.39, 0.29) is 11.4 Å². The second-order valence-corrected chi connectivity index (χ2v) is 10.6. The van der Waals surface area contributed by atoms with Gasteiger partial charge in [-0.25, -0.2) is 14.6 Å². The molecule has 1 aliphatic rings. The lowest BCUT2D eigenvalue weighted by Gasteiger charge is -2.20. The highest BCUT2D eigenvalue weighted by molar-refractivity contribution is 6.13. The Labute approximate surface area is 215 Å². The molecule has 0 saturated heterocycles. The fourth-order valence-corrected chi connectivity index (χ4v) is 4.63. The molecule has 186 valence electrons. The van der Waals surface area contributed by atoms with Crippen molar-refractivity contribution in [3.63, 3.8) is 0 Å².